The van der Waals surface area contributed by atoms with Crippen LogP contribution in [0.1, 0.15) is 0 Å². The first-order chi connectivity index (χ1) is 20.3. The molecular formula is C36H20BOS3. The van der Waals surface area contributed by atoms with Crippen molar-refractivity contribution >= 4 is 107 Å². The van der Waals surface area contributed by atoms with Crippen LogP contribution in [-0.2, 0) is 0 Å². The summed E-state index contributed by atoms with van der Waals surface area (Å²) >= 11 is 5.56. The highest BCUT2D eigenvalue weighted by Gasteiger charge is 2.19. The molecule has 0 aliphatic rings. The lowest BCUT2D eigenvalue weighted by atomic mass is 9.87. The summed E-state index contributed by atoms with van der Waals surface area (Å²) in [4.78, 5) is 0. The molecule has 9 rings (SSSR count). The van der Waals surface area contributed by atoms with E-state index < -0.39 is 0 Å². The van der Waals surface area contributed by atoms with Gasteiger partial charge in [0.15, 0.2) is 0 Å². The Hall–Kier alpha value is -4.00. The van der Waals surface area contributed by atoms with Gasteiger partial charge in [-0.05, 0) is 16.9 Å². The number of rotatable bonds is 3. The van der Waals surface area contributed by atoms with E-state index in [9.17, 15) is 5.02 Å². The van der Waals surface area contributed by atoms with Crippen molar-refractivity contribution in [2.75, 3.05) is 0 Å². The third-order valence-corrected chi connectivity index (χ3v) is 12.0. The molecule has 6 aromatic carbocycles. The normalized spacial score (nSPS) is 12.0. The van der Waals surface area contributed by atoms with Crippen LogP contribution in [0.2, 0.25) is 0 Å². The molecule has 9 aromatic rings. The molecule has 0 fully saturated rings. The van der Waals surface area contributed by atoms with Crippen molar-refractivity contribution in [2.45, 2.75) is 0 Å². The SMILES string of the molecule is O[B]c1cccc2c1sc1c(-c3cccc4c3sc3c(-c5cccc6c5sc5ccccc56)cccc34)cccc12. The average Bonchev–Trinajstić information content (AvgIpc) is 3.72. The van der Waals surface area contributed by atoms with Gasteiger partial charge in [0.25, 0.3) is 0 Å². The van der Waals surface area contributed by atoms with Gasteiger partial charge in [0, 0.05) is 77.4 Å². The standard InChI is InChI=1S/C36H20BOS3/c38-37-30-18-7-17-29-28-16-6-15-27(35(28)41-36(29)30)26-14-5-13-25-24-12-4-11-23(33(24)40-34(25)26)22-10-3-9-21-20-8-1-2-19-31(20)39-32(21)22/h1-19,38H. The Morgan fingerprint density at radius 1 is 0.366 bits per heavy atom. The van der Waals surface area contributed by atoms with Crippen LogP contribution in [0.15, 0.2) is 115 Å². The lowest BCUT2D eigenvalue weighted by Crippen LogP contribution is -2.12. The quantitative estimate of drug-likeness (QED) is 0.208. The zero-order chi connectivity index (χ0) is 27.1. The Labute approximate surface area is 248 Å². The van der Waals surface area contributed by atoms with Gasteiger partial charge in [-0.3, -0.25) is 0 Å². The van der Waals surface area contributed by atoms with Crippen LogP contribution in [0, 0.1) is 0 Å². The fraction of sp³-hybridized carbons (Fsp3) is 0. The number of fused-ring (bicyclic) bond motifs is 9. The van der Waals surface area contributed by atoms with E-state index in [-0.39, 0.29) is 0 Å². The van der Waals surface area contributed by atoms with Gasteiger partial charge in [-0.1, -0.05) is 109 Å². The van der Waals surface area contributed by atoms with Crippen molar-refractivity contribution < 1.29 is 5.02 Å². The molecule has 5 heteroatoms. The maximum atomic E-state index is 9.88. The van der Waals surface area contributed by atoms with Crippen molar-refractivity contribution in [3.05, 3.63) is 115 Å². The second-order valence-electron chi connectivity index (χ2n) is 10.4. The number of benzene rings is 6. The molecule has 0 bridgehead atoms. The van der Waals surface area contributed by atoms with Gasteiger partial charge in [-0.15, -0.1) is 34.0 Å². The zero-order valence-corrected chi connectivity index (χ0v) is 24.2. The van der Waals surface area contributed by atoms with E-state index in [1.807, 2.05) is 34.8 Å². The zero-order valence-electron chi connectivity index (χ0n) is 21.7. The molecule has 0 saturated heterocycles. The lowest BCUT2D eigenvalue weighted by molar-refractivity contribution is 0.616. The second-order valence-corrected chi connectivity index (χ2v) is 13.5. The van der Waals surface area contributed by atoms with Crippen molar-refractivity contribution in [3.63, 3.8) is 0 Å². The summed E-state index contributed by atoms with van der Waals surface area (Å²) in [6, 6.07) is 41.7. The number of thiophene rings is 3. The minimum absolute atomic E-state index is 0.870. The van der Waals surface area contributed by atoms with Gasteiger partial charge < -0.3 is 5.02 Å². The molecule has 0 aliphatic heterocycles. The molecule has 191 valence electrons. The molecule has 3 aromatic heterocycles. The fourth-order valence-electron chi connectivity index (χ4n) is 6.36. The summed E-state index contributed by atoms with van der Waals surface area (Å²) in [7, 11) is 1.22. The highest BCUT2D eigenvalue weighted by molar-refractivity contribution is 7.28. The van der Waals surface area contributed by atoms with E-state index in [0.29, 0.717) is 0 Å². The molecular weight excluding hydrogens is 555 g/mol. The molecule has 0 amide bonds. The molecule has 1 N–H and O–H groups in total. The summed E-state index contributed by atoms with van der Waals surface area (Å²) < 4.78 is 7.72. The minimum Gasteiger partial charge on any atom is -0.450 e. The first-order valence-corrected chi connectivity index (χ1v) is 16.0. The summed E-state index contributed by atoms with van der Waals surface area (Å²) in [5, 5.41) is 17.6. The van der Waals surface area contributed by atoms with Crippen molar-refractivity contribution in [2.24, 2.45) is 0 Å². The van der Waals surface area contributed by atoms with Crippen molar-refractivity contribution in [1.82, 2.24) is 0 Å². The summed E-state index contributed by atoms with van der Waals surface area (Å²) in [6.45, 7) is 0. The average molecular weight is 576 g/mol. The number of hydrogen-bond donors (Lipinski definition) is 1. The third kappa shape index (κ3) is 3.38. The van der Waals surface area contributed by atoms with Crippen LogP contribution in [0.5, 0.6) is 0 Å². The van der Waals surface area contributed by atoms with Gasteiger partial charge in [0.05, 0.1) is 0 Å². The molecule has 41 heavy (non-hydrogen) atoms. The Morgan fingerprint density at radius 2 is 0.756 bits per heavy atom. The summed E-state index contributed by atoms with van der Waals surface area (Å²) in [5.74, 6) is 0. The van der Waals surface area contributed by atoms with Gasteiger partial charge in [-0.25, -0.2) is 0 Å². The van der Waals surface area contributed by atoms with E-state index >= 15 is 0 Å². The van der Waals surface area contributed by atoms with E-state index in [1.54, 1.807) is 11.3 Å². The van der Waals surface area contributed by atoms with E-state index in [4.69, 9.17) is 0 Å². The minimum atomic E-state index is 0.870. The first kappa shape index (κ1) is 23.7. The molecule has 0 atom stereocenters. The summed E-state index contributed by atoms with van der Waals surface area (Å²) in [5.41, 5.74) is 5.99. The van der Waals surface area contributed by atoms with Crippen LogP contribution in [0.3, 0.4) is 0 Å². The van der Waals surface area contributed by atoms with Crippen molar-refractivity contribution in [3.8, 4) is 22.3 Å². The predicted molar refractivity (Wildman–Crippen MR) is 184 cm³/mol. The molecule has 0 unspecified atom stereocenters. The highest BCUT2D eigenvalue weighted by atomic mass is 32.1. The maximum Gasteiger partial charge on any atom is 0.328 e. The van der Waals surface area contributed by atoms with Gasteiger partial charge in [0.2, 0.25) is 0 Å². The van der Waals surface area contributed by atoms with Crippen LogP contribution >= 0.6 is 34.0 Å². The Balaban J connectivity index is 1.33. The topological polar surface area (TPSA) is 20.2 Å². The van der Waals surface area contributed by atoms with Crippen LogP contribution in [-0.4, -0.2) is 12.5 Å². The van der Waals surface area contributed by atoms with Crippen LogP contribution < -0.4 is 5.46 Å². The van der Waals surface area contributed by atoms with E-state index in [2.05, 4.69) is 103 Å². The molecule has 0 spiro atoms. The monoisotopic (exact) mass is 575 g/mol. The molecule has 1 nitrogen and oxygen atoms in total. The van der Waals surface area contributed by atoms with Gasteiger partial charge >= 0.3 is 7.48 Å². The smallest absolute Gasteiger partial charge is 0.328 e. The number of hydrogen-bond acceptors (Lipinski definition) is 4. The van der Waals surface area contributed by atoms with Crippen molar-refractivity contribution in [1.29, 1.82) is 0 Å². The van der Waals surface area contributed by atoms with E-state index in [0.717, 1.165) is 10.2 Å². The van der Waals surface area contributed by atoms with Crippen LogP contribution in [0.4, 0.5) is 0 Å². The molecule has 0 saturated carbocycles. The van der Waals surface area contributed by atoms with E-state index in [1.165, 1.54) is 85.6 Å². The fourth-order valence-corrected chi connectivity index (χ4v) is 10.3. The largest absolute Gasteiger partial charge is 0.450 e. The molecule has 3 heterocycles. The first-order valence-electron chi connectivity index (χ1n) is 13.6. The Bertz CT molecular complexity index is 2480. The molecule has 1 radical (unpaired) electrons. The maximum absolute atomic E-state index is 9.88. The summed E-state index contributed by atoms with van der Waals surface area (Å²) in [6.07, 6.45) is 0. The molecule has 0 aliphatic carbocycles. The Morgan fingerprint density at radius 3 is 1.29 bits per heavy atom. The van der Waals surface area contributed by atoms with Gasteiger partial charge in [-0.2, -0.15) is 0 Å². The second kappa shape index (κ2) is 9.00. The Kier molecular flexibility index (Phi) is 5.20. The predicted octanol–water partition coefficient (Wildman–Crippen LogP) is 10.4. The highest BCUT2D eigenvalue weighted by Crippen LogP contribution is 2.48. The van der Waals surface area contributed by atoms with Crippen LogP contribution in [0.25, 0.3) is 82.8 Å². The third-order valence-electron chi connectivity index (χ3n) is 8.20. The van der Waals surface area contributed by atoms with Gasteiger partial charge in [0.1, 0.15) is 0 Å². The lowest BCUT2D eigenvalue weighted by Gasteiger charge is -2.05.